The van der Waals surface area contributed by atoms with E-state index in [-0.39, 0.29) is 23.1 Å². The van der Waals surface area contributed by atoms with Crippen LogP contribution in [0, 0.1) is 5.82 Å². The molecule has 3 aromatic rings. The number of carbonyl (C=O) groups excluding carboxylic acids is 1. The molecule has 0 bridgehead atoms. The van der Waals surface area contributed by atoms with E-state index in [4.69, 9.17) is 4.42 Å². The predicted octanol–water partition coefficient (Wildman–Crippen LogP) is 2.15. The molecule has 2 aromatic carbocycles. The largest absolute Gasteiger partial charge is 0.550 e. The number of carboxylic acid groups (broad SMARTS) is 1. The van der Waals surface area contributed by atoms with Gasteiger partial charge in [-0.3, -0.25) is 0 Å². The molecule has 0 aliphatic rings. The fraction of sp³-hybridized carbons (Fsp3) is 0.0588. The maximum Gasteiger partial charge on any atom is 0.227 e. The molecule has 116 valence electrons. The number of benzene rings is 2. The number of nitrogens with zero attached hydrogens (tertiary/aromatic N) is 1. The lowest BCUT2D eigenvalue weighted by Gasteiger charge is -2.03. The van der Waals surface area contributed by atoms with Gasteiger partial charge in [0.15, 0.2) is 5.76 Å². The number of oxazole rings is 1. The number of phenols is 1. The van der Waals surface area contributed by atoms with Gasteiger partial charge >= 0.3 is 0 Å². The number of aromatic nitrogens is 1. The van der Waals surface area contributed by atoms with E-state index in [1.807, 2.05) is 0 Å². The number of hydrogen-bond acceptors (Lipinski definition) is 5. The summed E-state index contributed by atoms with van der Waals surface area (Å²) >= 11 is 0. The van der Waals surface area contributed by atoms with Crippen molar-refractivity contribution >= 4 is 5.97 Å². The Morgan fingerprint density at radius 1 is 1.17 bits per heavy atom. The Morgan fingerprint density at radius 2 is 1.87 bits per heavy atom. The molecule has 1 N–H and O–H groups in total. The Balaban J connectivity index is 2.12. The van der Waals surface area contributed by atoms with Crippen LogP contribution >= 0.6 is 0 Å². The van der Waals surface area contributed by atoms with Crippen LogP contribution in [-0.2, 0) is 11.2 Å². The van der Waals surface area contributed by atoms with Gasteiger partial charge in [0.05, 0.1) is 11.3 Å². The molecule has 1 aromatic heterocycles. The van der Waals surface area contributed by atoms with Crippen molar-refractivity contribution in [1.29, 1.82) is 0 Å². The van der Waals surface area contributed by atoms with Gasteiger partial charge in [0.2, 0.25) is 5.89 Å². The van der Waals surface area contributed by atoms with E-state index in [0.29, 0.717) is 11.1 Å². The number of carboxylic acids is 1. The van der Waals surface area contributed by atoms with Gasteiger partial charge in [-0.25, -0.2) is 9.37 Å². The quantitative estimate of drug-likeness (QED) is 0.797. The summed E-state index contributed by atoms with van der Waals surface area (Å²) in [4.78, 5) is 15.1. The van der Waals surface area contributed by atoms with Gasteiger partial charge in [0.1, 0.15) is 11.6 Å². The highest BCUT2D eigenvalue weighted by Gasteiger charge is 2.18. The minimum Gasteiger partial charge on any atom is -0.550 e. The van der Waals surface area contributed by atoms with Crippen LogP contribution in [0.5, 0.6) is 5.75 Å². The lowest BCUT2D eigenvalue weighted by atomic mass is 10.1. The molecular formula is C17H11FNO4-. The summed E-state index contributed by atoms with van der Waals surface area (Å²) in [5.41, 5.74) is 0.947. The standard InChI is InChI=1S/C17H12FNO4/c18-11-7-5-10(6-8-11)17-19-13(9-15(21)22)16(23-17)12-3-1-2-4-14(12)20/h1-8,20H,9H2,(H,21,22)/p-1. The van der Waals surface area contributed by atoms with Crippen molar-refractivity contribution in [3.63, 3.8) is 0 Å². The zero-order valence-electron chi connectivity index (χ0n) is 11.8. The Kier molecular flexibility index (Phi) is 3.80. The number of phenolic OH excluding ortho intramolecular Hbond substituents is 1. The third-order valence-electron chi connectivity index (χ3n) is 3.25. The zero-order chi connectivity index (χ0) is 16.4. The average Bonchev–Trinajstić information content (AvgIpc) is 2.91. The lowest BCUT2D eigenvalue weighted by Crippen LogP contribution is -2.24. The summed E-state index contributed by atoms with van der Waals surface area (Å²) in [5, 5.41) is 20.9. The summed E-state index contributed by atoms with van der Waals surface area (Å²) in [6, 6.07) is 11.8. The van der Waals surface area contributed by atoms with E-state index in [0.717, 1.165) is 0 Å². The number of aliphatic carboxylic acids is 1. The summed E-state index contributed by atoms with van der Waals surface area (Å²) in [7, 11) is 0. The van der Waals surface area contributed by atoms with Crippen LogP contribution < -0.4 is 5.11 Å². The topological polar surface area (TPSA) is 86.4 Å². The molecule has 0 fully saturated rings. The van der Waals surface area contributed by atoms with Crippen molar-refractivity contribution < 1.29 is 23.8 Å². The summed E-state index contributed by atoms with van der Waals surface area (Å²) in [6.07, 6.45) is -0.464. The van der Waals surface area contributed by atoms with Crippen LogP contribution in [0.25, 0.3) is 22.8 Å². The molecule has 0 unspecified atom stereocenters. The first-order chi connectivity index (χ1) is 11.0. The molecular weight excluding hydrogens is 301 g/mol. The van der Waals surface area contributed by atoms with Gasteiger partial charge in [-0.05, 0) is 36.4 Å². The van der Waals surface area contributed by atoms with E-state index >= 15 is 0 Å². The van der Waals surface area contributed by atoms with Gasteiger partial charge in [0.25, 0.3) is 0 Å². The highest BCUT2D eigenvalue weighted by Crippen LogP contribution is 2.35. The van der Waals surface area contributed by atoms with Crippen LogP contribution in [0.4, 0.5) is 4.39 Å². The molecule has 0 saturated heterocycles. The first-order valence-corrected chi connectivity index (χ1v) is 6.78. The van der Waals surface area contributed by atoms with E-state index in [2.05, 4.69) is 4.98 Å². The van der Waals surface area contributed by atoms with Crippen molar-refractivity contribution in [2.75, 3.05) is 0 Å². The number of rotatable bonds is 4. The molecule has 3 rings (SSSR count). The fourth-order valence-electron chi connectivity index (χ4n) is 2.20. The van der Waals surface area contributed by atoms with E-state index in [1.165, 1.54) is 30.3 Å². The molecule has 0 radical (unpaired) electrons. The van der Waals surface area contributed by atoms with Crippen molar-refractivity contribution in [2.24, 2.45) is 0 Å². The van der Waals surface area contributed by atoms with Crippen molar-refractivity contribution in [2.45, 2.75) is 6.42 Å². The predicted molar refractivity (Wildman–Crippen MR) is 77.7 cm³/mol. The number of para-hydroxylation sites is 1. The molecule has 5 nitrogen and oxygen atoms in total. The highest BCUT2D eigenvalue weighted by atomic mass is 19.1. The van der Waals surface area contributed by atoms with Crippen molar-refractivity contribution in [3.05, 3.63) is 60.0 Å². The van der Waals surface area contributed by atoms with Gasteiger partial charge in [0, 0.05) is 18.0 Å². The summed E-state index contributed by atoms with van der Waals surface area (Å²) in [6.45, 7) is 0. The number of halogens is 1. The first-order valence-electron chi connectivity index (χ1n) is 6.78. The van der Waals surface area contributed by atoms with Crippen LogP contribution in [0.2, 0.25) is 0 Å². The molecule has 1 heterocycles. The van der Waals surface area contributed by atoms with Gasteiger partial charge in [-0.1, -0.05) is 12.1 Å². The molecule has 0 amide bonds. The van der Waals surface area contributed by atoms with Crippen LogP contribution in [0.1, 0.15) is 5.69 Å². The van der Waals surface area contributed by atoms with E-state index in [1.54, 1.807) is 18.2 Å². The summed E-state index contributed by atoms with van der Waals surface area (Å²) in [5.74, 6) is -1.50. The molecule has 6 heteroatoms. The second-order valence-electron chi connectivity index (χ2n) is 4.87. The molecule has 0 aliphatic carbocycles. The van der Waals surface area contributed by atoms with E-state index < -0.39 is 18.2 Å². The van der Waals surface area contributed by atoms with Crippen LogP contribution in [0.15, 0.2) is 52.9 Å². The van der Waals surface area contributed by atoms with Crippen molar-refractivity contribution in [3.8, 4) is 28.5 Å². The fourth-order valence-corrected chi connectivity index (χ4v) is 2.20. The van der Waals surface area contributed by atoms with Gasteiger partial charge in [-0.15, -0.1) is 0 Å². The molecule has 23 heavy (non-hydrogen) atoms. The normalized spacial score (nSPS) is 10.7. The number of aromatic hydroxyl groups is 1. The third kappa shape index (κ3) is 3.06. The van der Waals surface area contributed by atoms with Crippen molar-refractivity contribution in [1.82, 2.24) is 4.98 Å². The van der Waals surface area contributed by atoms with Gasteiger partial charge in [-0.2, -0.15) is 0 Å². The maximum absolute atomic E-state index is 13.0. The Bertz CT molecular complexity index is 855. The average molecular weight is 312 g/mol. The SMILES string of the molecule is O=C([O-])Cc1nc(-c2ccc(F)cc2)oc1-c1ccccc1O. The molecule has 0 saturated carbocycles. The molecule has 0 aliphatic heterocycles. The second kappa shape index (κ2) is 5.92. The minimum atomic E-state index is -1.32. The minimum absolute atomic E-state index is 0.0612. The number of carbonyl (C=O) groups is 1. The van der Waals surface area contributed by atoms with Gasteiger partial charge < -0.3 is 19.4 Å². The number of hydrogen-bond donors (Lipinski definition) is 1. The Labute approximate surface area is 130 Å². The Hall–Kier alpha value is -3.15. The monoisotopic (exact) mass is 312 g/mol. The molecule has 0 spiro atoms. The summed E-state index contributed by atoms with van der Waals surface area (Å²) < 4.78 is 18.6. The molecule has 0 atom stereocenters. The Morgan fingerprint density at radius 3 is 2.52 bits per heavy atom. The highest BCUT2D eigenvalue weighted by molar-refractivity contribution is 5.75. The zero-order valence-corrected chi connectivity index (χ0v) is 11.8. The second-order valence-corrected chi connectivity index (χ2v) is 4.87. The first kappa shape index (κ1) is 14.8. The van der Waals surface area contributed by atoms with E-state index in [9.17, 15) is 19.4 Å². The third-order valence-corrected chi connectivity index (χ3v) is 3.25. The van der Waals surface area contributed by atoms with Crippen LogP contribution in [-0.4, -0.2) is 16.1 Å². The lowest BCUT2D eigenvalue weighted by molar-refractivity contribution is -0.304. The van der Waals surface area contributed by atoms with Crippen LogP contribution in [0.3, 0.4) is 0 Å². The maximum atomic E-state index is 13.0. The smallest absolute Gasteiger partial charge is 0.227 e.